The first-order chi connectivity index (χ1) is 9.64. The summed E-state index contributed by atoms with van der Waals surface area (Å²) in [6.07, 6.45) is 7.47. The zero-order valence-electron chi connectivity index (χ0n) is 14.9. The molecule has 0 fully saturated rings. The SMILES string of the molecule is CCCC/C=C/Oc1cc(C(C)(C)C)cc(C(C)(C)C)c1. The molecule has 0 N–H and O–H groups in total. The zero-order chi connectivity index (χ0) is 16.1. The topological polar surface area (TPSA) is 9.23 Å². The predicted octanol–water partition coefficient (Wildman–Crippen LogP) is 6.36. The maximum absolute atomic E-state index is 5.84. The van der Waals surface area contributed by atoms with Crippen molar-refractivity contribution in [3.63, 3.8) is 0 Å². The lowest BCUT2D eigenvalue weighted by Gasteiger charge is -2.25. The van der Waals surface area contributed by atoms with Crippen LogP contribution in [0.4, 0.5) is 0 Å². The molecule has 1 aromatic rings. The van der Waals surface area contributed by atoms with Crippen molar-refractivity contribution in [3.8, 4) is 5.75 Å². The van der Waals surface area contributed by atoms with E-state index in [9.17, 15) is 0 Å². The molecule has 0 saturated carbocycles. The Morgan fingerprint density at radius 1 is 0.905 bits per heavy atom. The minimum atomic E-state index is 0.130. The van der Waals surface area contributed by atoms with E-state index in [1.165, 1.54) is 24.0 Å². The third kappa shape index (κ3) is 5.95. The quantitative estimate of drug-likeness (QED) is 0.452. The Balaban J connectivity index is 3.00. The van der Waals surface area contributed by atoms with E-state index in [2.05, 4.69) is 72.7 Å². The minimum Gasteiger partial charge on any atom is -0.465 e. The number of benzene rings is 1. The molecule has 0 aliphatic heterocycles. The van der Waals surface area contributed by atoms with Crippen molar-refractivity contribution in [2.24, 2.45) is 0 Å². The Hall–Kier alpha value is -1.24. The first kappa shape index (κ1) is 17.8. The molecule has 1 nitrogen and oxygen atoms in total. The maximum atomic E-state index is 5.84. The van der Waals surface area contributed by atoms with Crippen LogP contribution in [0.25, 0.3) is 0 Å². The van der Waals surface area contributed by atoms with Crippen molar-refractivity contribution in [2.45, 2.75) is 78.6 Å². The lowest BCUT2D eigenvalue weighted by molar-refractivity contribution is 0.469. The van der Waals surface area contributed by atoms with Gasteiger partial charge in [0.25, 0.3) is 0 Å². The van der Waals surface area contributed by atoms with Crippen LogP contribution >= 0.6 is 0 Å². The van der Waals surface area contributed by atoms with E-state index in [0.29, 0.717) is 0 Å². The Labute approximate surface area is 131 Å². The van der Waals surface area contributed by atoms with Crippen molar-refractivity contribution < 1.29 is 4.74 Å². The van der Waals surface area contributed by atoms with Gasteiger partial charge in [-0.05, 0) is 53.0 Å². The second kappa shape index (κ2) is 7.15. The Kier molecular flexibility index (Phi) is 6.07. The first-order valence-electron chi connectivity index (χ1n) is 8.12. The highest BCUT2D eigenvalue weighted by Crippen LogP contribution is 2.32. The molecule has 0 aromatic heterocycles. The highest BCUT2D eigenvalue weighted by molar-refractivity contribution is 5.40. The van der Waals surface area contributed by atoms with Gasteiger partial charge in [0.15, 0.2) is 0 Å². The average molecular weight is 288 g/mol. The molecule has 1 aromatic carbocycles. The molecule has 0 aliphatic carbocycles. The van der Waals surface area contributed by atoms with Gasteiger partial charge in [-0.2, -0.15) is 0 Å². The summed E-state index contributed by atoms with van der Waals surface area (Å²) in [6, 6.07) is 6.65. The van der Waals surface area contributed by atoms with Crippen molar-refractivity contribution in [2.75, 3.05) is 0 Å². The molecule has 0 unspecified atom stereocenters. The van der Waals surface area contributed by atoms with Crippen molar-refractivity contribution >= 4 is 0 Å². The van der Waals surface area contributed by atoms with Crippen LogP contribution in [-0.4, -0.2) is 0 Å². The Morgan fingerprint density at radius 2 is 1.43 bits per heavy atom. The fourth-order valence-corrected chi connectivity index (χ4v) is 2.05. The van der Waals surface area contributed by atoms with Gasteiger partial charge in [0.2, 0.25) is 0 Å². The van der Waals surface area contributed by atoms with Crippen molar-refractivity contribution in [1.29, 1.82) is 0 Å². The molecule has 0 radical (unpaired) electrons. The van der Waals surface area contributed by atoms with Crippen molar-refractivity contribution in [3.05, 3.63) is 41.7 Å². The Bertz CT molecular complexity index is 437. The zero-order valence-corrected chi connectivity index (χ0v) is 14.9. The van der Waals surface area contributed by atoms with Crippen LogP contribution in [0.1, 0.15) is 78.9 Å². The van der Waals surface area contributed by atoms with Crippen LogP contribution in [0, 0.1) is 0 Å². The van der Waals surface area contributed by atoms with E-state index in [-0.39, 0.29) is 10.8 Å². The summed E-state index contributed by atoms with van der Waals surface area (Å²) < 4.78 is 5.84. The van der Waals surface area contributed by atoms with Crippen LogP contribution in [0.2, 0.25) is 0 Å². The molecule has 0 heterocycles. The van der Waals surface area contributed by atoms with E-state index in [1.54, 1.807) is 0 Å². The van der Waals surface area contributed by atoms with Gasteiger partial charge in [0.1, 0.15) is 5.75 Å². The summed E-state index contributed by atoms with van der Waals surface area (Å²) >= 11 is 0. The van der Waals surface area contributed by atoms with Gasteiger partial charge in [-0.25, -0.2) is 0 Å². The normalized spacial score (nSPS) is 12.9. The van der Waals surface area contributed by atoms with Crippen LogP contribution in [-0.2, 0) is 10.8 Å². The average Bonchev–Trinajstić information content (AvgIpc) is 2.36. The van der Waals surface area contributed by atoms with E-state index >= 15 is 0 Å². The molecule has 0 amide bonds. The molecule has 1 rings (SSSR count). The summed E-state index contributed by atoms with van der Waals surface area (Å²) in [7, 11) is 0. The van der Waals surface area contributed by atoms with Gasteiger partial charge < -0.3 is 4.74 Å². The predicted molar refractivity (Wildman–Crippen MR) is 93.1 cm³/mol. The third-order valence-corrected chi connectivity index (χ3v) is 3.66. The number of unbranched alkanes of at least 4 members (excludes halogenated alkanes) is 2. The van der Waals surface area contributed by atoms with Crippen LogP contribution in [0.3, 0.4) is 0 Å². The number of allylic oxidation sites excluding steroid dienone is 1. The summed E-state index contributed by atoms with van der Waals surface area (Å²) in [5.41, 5.74) is 2.91. The maximum Gasteiger partial charge on any atom is 0.127 e. The second-order valence-corrected chi connectivity index (χ2v) is 7.88. The monoisotopic (exact) mass is 288 g/mol. The molecular formula is C20H32O. The van der Waals surface area contributed by atoms with E-state index in [4.69, 9.17) is 4.74 Å². The van der Waals surface area contributed by atoms with E-state index in [1.807, 2.05) is 6.26 Å². The molecule has 21 heavy (non-hydrogen) atoms. The molecule has 0 spiro atoms. The lowest BCUT2D eigenvalue weighted by Crippen LogP contribution is -2.16. The summed E-state index contributed by atoms with van der Waals surface area (Å²) in [5, 5.41) is 0. The van der Waals surface area contributed by atoms with Gasteiger partial charge in [-0.15, -0.1) is 0 Å². The number of ether oxygens (including phenoxy) is 1. The van der Waals surface area contributed by atoms with E-state index < -0.39 is 0 Å². The standard InChI is InChI=1S/C20H32O/c1-8-9-10-11-12-21-18-14-16(19(2,3)4)13-17(15-18)20(5,6)7/h11-15H,8-10H2,1-7H3/b12-11+. The molecule has 118 valence electrons. The summed E-state index contributed by atoms with van der Waals surface area (Å²) in [5.74, 6) is 0.945. The second-order valence-electron chi connectivity index (χ2n) is 7.88. The Morgan fingerprint density at radius 3 is 1.86 bits per heavy atom. The highest BCUT2D eigenvalue weighted by atomic mass is 16.5. The van der Waals surface area contributed by atoms with Gasteiger partial charge in [0, 0.05) is 0 Å². The van der Waals surface area contributed by atoms with Gasteiger partial charge in [-0.3, -0.25) is 0 Å². The van der Waals surface area contributed by atoms with Crippen LogP contribution in [0.5, 0.6) is 5.75 Å². The number of rotatable bonds is 5. The first-order valence-corrected chi connectivity index (χ1v) is 8.12. The lowest BCUT2D eigenvalue weighted by atomic mass is 9.80. The molecule has 0 atom stereocenters. The van der Waals surface area contributed by atoms with Crippen molar-refractivity contribution in [1.82, 2.24) is 0 Å². The number of hydrogen-bond donors (Lipinski definition) is 0. The smallest absolute Gasteiger partial charge is 0.127 e. The fraction of sp³-hybridized carbons (Fsp3) is 0.600. The van der Waals surface area contributed by atoms with Crippen LogP contribution < -0.4 is 4.74 Å². The summed E-state index contributed by atoms with van der Waals surface area (Å²) in [4.78, 5) is 0. The fourth-order valence-electron chi connectivity index (χ4n) is 2.05. The molecule has 0 bridgehead atoms. The highest BCUT2D eigenvalue weighted by Gasteiger charge is 2.20. The van der Waals surface area contributed by atoms with Gasteiger partial charge in [-0.1, -0.05) is 61.0 Å². The largest absolute Gasteiger partial charge is 0.465 e. The van der Waals surface area contributed by atoms with Crippen LogP contribution in [0.15, 0.2) is 30.5 Å². The number of hydrogen-bond acceptors (Lipinski definition) is 1. The van der Waals surface area contributed by atoms with E-state index in [0.717, 1.165) is 12.2 Å². The minimum absolute atomic E-state index is 0.130. The van der Waals surface area contributed by atoms with Gasteiger partial charge >= 0.3 is 0 Å². The summed E-state index contributed by atoms with van der Waals surface area (Å²) in [6.45, 7) is 15.7. The molecule has 1 heteroatoms. The molecule has 0 aliphatic rings. The van der Waals surface area contributed by atoms with Gasteiger partial charge in [0.05, 0.1) is 6.26 Å². The molecular weight excluding hydrogens is 256 g/mol. The third-order valence-electron chi connectivity index (χ3n) is 3.66. The molecule has 0 saturated heterocycles.